The molecule has 1 N–H and O–H groups in total. The van der Waals surface area contributed by atoms with Crippen molar-refractivity contribution in [1.82, 2.24) is 15.1 Å². The molecule has 2 atom stereocenters. The lowest BCUT2D eigenvalue weighted by atomic mass is 9.90. The summed E-state index contributed by atoms with van der Waals surface area (Å²) in [5.74, 6) is 0.963. The van der Waals surface area contributed by atoms with E-state index in [4.69, 9.17) is 0 Å². The van der Waals surface area contributed by atoms with Crippen molar-refractivity contribution in [1.29, 1.82) is 0 Å². The molecule has 1 aliphatic heterocycles. The van der Waals surface area contributed by atoms with Gasteiger partial charge in [-0.1, -0.05) is 20.3 Å². The van der Waals surface area contributed by atoms with E-state index in [-0.39, 0.29) is 5.91 Å². The standard InChI is InChI=1S/C16H33N3O/c1-5-10-17-15-9-11-18(12-14(15)6-2)13-16(20)19(7-3)8-4/h14-15,17H,5-13H2,1-4H3. The molecule has 0 bridgehead atoms. The van der Waals surface area contributed by atoms with E-state index < -0.39 is 0 Å². The van der Waals surface area contributed by atoms with Crippen LogP contribution in [0, 0.1) is 5.92 Å². The third-order valence-electron chi connectivity index (χ3n) is 4.47. The predicted octanol–water partition coefficient (Wildman–Crippen LogP) is 1.95. The molecule has 118 valence electrons. The summed E-state index contributed by atoms with van der Waals surface area (Å²) in [5, 5.41) is 3.67. The first-order valence-electron chi connectivity index (χ1n) is 8.39. The predicted molar refractivity (Wildman–Crippen MR) is 84.8 cm³/mol. The molecule has 0 spiro atoms. The van der Waals surface area contributed by atoms with Crippen LogP contribution in [-0.2, 0) is 4.79 Å². The van der Waals surface area contributed by atoms with Crippen molar-refractivity contribution in [2.45, 2.75) is 53.0 Å². The summed E-state index contributed by atoms with van der Waals surface area (Å²) in [6.45, 7) is 14.0. The molecule has 0 aromatic carbocycles. The fraction of sp³-hybridized carbons (Fsp3) is 0.938. The Morgan fingerprint density at radius 3 is 2.50 bits per heavy atom. The molecule has 1 saturated heterocycles. The van der Waals surface area contributed by atoms with E-state index in [1.165, 1.54) is 19.3 Å². The Labute approximate surface area is 124 Å². The number of rotatable bonds is 8. The van der Waals surface area contributed by atoms with Crippen LogP contribution in [0.25, 0.3) is 0 Å². The van der Waals surface area contributed by atoms with Crippen LogP contribution in [0.2, 0.25) is 0 Å². The highest BCUT2D eigenvalue weighted by Crippen LogP contribution is 2.20. The zero-order valence-corrected chi connectivity index (χ0v) is 13.8. The molecule has 1 heterocycles. The number of carbonyl (C=O) groups excluding carboxylic acids is 1. The van der Waals surface area contributed by atoms with E-state index in [1.54, 1.807) is 0 Å². The normalized spacial score (nSPS) is 23.8. The minimum atomic E-state index is 0.282. The van der Waals surface area contributed by atoms with Crippen LogP contribution in [0.1, 0.15) is 47.0 Å². The average molecular weight is 283 g/mol. The van der Waals surface area contributed by atoms with Gasteiger partial charge in [-0.05, 0) is 39.2 Å². The molecule has 0 aliphatic carbocycles. The van der Waals surface area contributed by atoms with E-state index >= 15 is 0 Å². The molecule has 1 rings (SSSR count). The summed E-state index contributed by atoms with van der Waals surface area (Å²) in [7, 11) is 0. The summed E-state index contributed by atoms with van der Waals surface area (Å²) >= 11 is 0. The van der Waals surface area contributed by atoms with Gasteiger partial charge < -0.3 is 10.2 Å². The van der Waals surface area contributed by atoms with Gasteiger partial charge in [0, 0.05) is 32.2 Å². The van der Waals surface area contributed by atoms with Crippen LogP contribution in [0.4, 0.5) is 0 Å². The smallest absolute Gasteiger partial charge is 0.236 e. The lowest BCUT2D eigenvalue weighted by molar-refractivity contribution is -0.132. The average Bonchev–Trinajstić information content (AvgIpc) is 2.47. The molecule has 1 aliphatic rings. The molecule has 0 aromatic heterocycles. The fourth-order valence-electron chi connectivity index (χ4n) is 3.13. The van der Waals surface area contributed by atoms with Crippen LogP contribution < -0.4 is 5.32 Å². The van der Waals surface area contributed by atoms with Gasteiger partial charge in [-0.25, -0.2) is 0 Å². The molecule has 0 aromatic rings. The number of amides is 1. The number of nitrogens with zero attached hydrogens (tertiary/aromatic N) is 2. The minimum absolute atomic E-state index is 0.282. The number of likely N-dealkylation sites (tertiary alicyclic amines) is 1. The highest BCUT2D eigenvalue weighted by Gasteiger charge is 2.28. The second kappa shape index (κ2) is 9.35. The lowest BCUT2D eigenvalue weighted by Gasteiger charge is -2.39. The van der Waals surface area contributed by atoms with Gasteiger partial charge in [0.2, 0.25) is 5.91 Å². The topological polar surface area (TPSA) is 35.6 Å². The van der Waals surface area contributed by atoms with E-state index in [1.807, 2.05) is 4.90 Å². The quantitative estimate of drug-likeness (QED) is 0.739. The third kappa shape index (κ3) is 5.06. The van der Waals surface area contributed by atoms with E-state index in [2.05, 4.69) is 37.9 Å². The zero-order valence-electron chi connectivity index (χ0n) is 13.8. The maximum absolute atomic E-state index is 12.2. The van der Waals surface area contributed by atoms with Gasteiger partial charge in [0.1, 0.15) is 0 Å². The van der Waals surface area contributed by atoms with Crippen LogP contribution in [0.3, 0.4) is 0 Å². The van der Waals surface area contributed by atoms with Gasteiger partial charge >= 0.3 is 0 Å². The number of carbonyl (C=O) groups is 1. The van der Waals surface area contributed by atoms with Crippen molar-refractivity contribution < 1.29 is 4.79 Å². The van der Waals surface area contributed by atoms with Gasteiger partial charge in [-0.2, -0.15) is 0 Å². The molecule has 4 nitrogen and oxygen atoms in total. The van der Waals surface area contributed by atoms with Gasteiger partial charge in [0.05, 0.1) is 6.54 Å². The summed E-state index contributed by atoms with van der Waals surface area (Å²) in [4.78, 5) is 16.5. The van der Waals surface area contributed by atoms with Gasteiger partial charge in [-0.3, -0.25) is 9.69 Å². The molecule has 2 unspecified atom stereocenters. The number of nitrogens with one attached hydrogen (secondary N) is 1. The lowest BCUT2D eigenvalue weighted by Crippen LogP contribution is -2.51. The van der Waals surface area contributed by atoms with Crippen molar-refractivity contribution in [3.8, 4) is 0 Å². The number of likely N-dealkylation sites (N-methyl/N-ethyl adjacent to an activating group) is 1. The largest absolute Gasteiger partial charge is 0.342 e. The summed E-state index contributed by atoms with van der Waals surface area (Å²) < 4.78 is 0. The highest BCUT2D eigenvalue weighted by molar-refractivity contribution is 5.78. The summed E-state index contributed by atoms with van der Waals surface area (Å²) in [6, 6.07) is 0.639. The Bertz CT molecular complexity index is 279. The van der Waals surface area contributed by atoms with Gasteiger partial charge in [0.25, 0.3) is 0 Å². The maximum atomic E-state index is 12.2. The van der Waals surface area contributed by atoms with Crippen molar-refractivity contribution in [2.24, 2.45) is 5.92 Å². The fourth-order valence-corrected chi connectivity index (χ4v) is 3.13. The molecule has 20 heavy (non-hydrogen) atoms. The molecule has 0 radical (unpaired) electrons. The molecule has 1 amide bonds. The van der Waals surface area contributed by atoms with Crippen LogP contribution >= 0.6 is 0 Å². The molecular weight excluding hydrogens is 250 g/mol. The van der Waals surface area contributed by atoms with Crippen LogP contribution in [0.15, 0.2) is 0 Å². The first-order valence-corrected chi connectivity index (χ1v) is 8.39. The van der Waals surface area contributed by atoms with Crippen LogP contribution in [0.5, 0.6) is 0 Å². The first kappa shape index (κ1) is 17.4. The Hall–Kier alpha value is -0.610. The monoisotopic (exact) mass is 283 g/mol. The Kier molecular flexibility index (Phi) is 8.15. The third-order valence-corrected chi connectivity index (χ3v) is 4.47. The van der Waals surface area contributed by atoms with Crippen molar-refractivity contribution in [2.75, 3.05) is 39.3 Å². The van der Waals surface area contributed by atoms with E-state index in [9.17, 15) is 4.79 Å². The zero-order chi connectivity index (χ0) is 15.0. The molecule has 1 fully saturated rings. The van der Waals surface area contributed by atoms with E-state index in [0.717, 1.165) is 32.7 Å². The highest BCUT2D eigenvalue weighted by atomic mass is 16.2. The van der Waals surface area contributed by atoms with Gasteiger partial charge in [0.15, 0.2) is 0 Å². The SMILES string of the molecule is CCCNC1CCN(CC(=O)N(CC)CC)CC1CC. The maximum Gasteiger partial charge on any atom is 0.236 e. The number of piperidine rings is 1. The van der Waals surface area contributed by atoms with E-state index in [0.29, 0.717) is 18.5 Å². The van der Waals surface area contributed by atoms with Crippen molar-refractivity contribution in [3.63, 3.8) is 0 Å². The van der Waals surface area contributed by atoms with Gasteiger partial charge in [-0.15, -0.1) is 0 Å². The minimum Gasteiger partial charge on any atom is -0.342 e. The molecule has 0 saturated carbocycles. The number of hydrogen-bond acceptors (Lipinski definition) is 3. The summed E-state index contributed by atoms with van der Waals surface area (Å²) in [5.41, 5.74) is 0. The second-order valence-corrected chi connectivity index (χ2v) is 5.82. The van der Waals surface area contributed by atoms with Crippen molar-refractivity contribution in [3.05, 3.63) is 0 Å². The number of hydrogen-bond donors (Lipinski definition) is 1. The Morgan fingerprint density at radius 2 is 1.95 bits per heavy atom. The van der Waals surface area contributed by atoms with Crippen molar-refractivity contribution >= 4 is 5.91 Å². The molecular formula is C16H33N3O. The van der Waals surface area contributed by atoms with Crippen LogP contribution in [-0.4, -0.2) is 61.0 Å². The second-order valence-electron chi connectivity index (χ2n) is 5.82. The molecule has 4 heteroatoms. The Balaban J connectivity index is 2.45. The summed E-state index contributed by atoms with van der Waals surface area (Å²) in [6.07, 6.45) is 3.55. The first-order chi connectivity index (χ1) is 9.65. The Morgan fingerprint density at radius 1 is 1.25 bits per heavy atom.